The summed E-state index contributed by atoms with van der Waals surface area (Å²) in [5.41, 5.74) is 0. The molecule has 0 heterocycles. The third-order valence-corrected chi connectivity index (χ3v) is 11.0. The minimum Gasteiger partial charge on any atom is -0.492 e. The largest absolute Gasteiger partial charge is 0.492 e. The number of carbonyl (C=O) groups is 2. The molecule has 0 aliphatic carbocycles. The van der Waals surface area contributed by atoms with Gasteiger partial charge >= 0.3 is 11.9 Å². The number of hydrogen-bond donors (Lipinski definition) is 0. The normalized spacial score (nSPS) is 11.3. The molecule has 0 amide bonds. The predicted molar refractivity (Wildman–Crippen MR) is 235 cm³/mol. The lowest BCUT2D eigenvalue weighted by molar-refractivity contribution is -0.144. The van der Waals surface area contributed by atoms with E-state index in [0.717, 1.165) is 84.8 Å². The van der Waals surface area contributed by atoms with E-state index < -0.39 is 0 Å². The summed E-state index contributed by atoms with van der Waals surface area (Å²) in [4.78, 5) is 22.8. The molecule has 0 spiro atoms. The van der Waals surface area contributed by atoms with Crippen LogP contribution < -0.4 is 9.47 Å². The molecule has 3 aromatic carbocycles. The number of fused-ring (bicyclic) bond motifs is 2. The van der Waals surface area contributed by atoms with Crippen molar-refractivity contribution in [3.63, 3.8) is 0 Å². The lowest BCUT2D eigenvalue weighted by Gasteiger charge is -2.18. The van der Waals surface area contributed by atoms with Crippen molar-refractivity contribution in [1.82, 2.24) is 0 Å². The first-order valence-corrected chi connectivity index (χ1v) is 23.2. The van der Waals surface area contributed by atoms with E-state index in [1.807, 2.05) is 13.8 Å². The van der Waals surface area contributed by atoms with Crippen LogP contribution in [0.1, 0.15) is 194 Å². The third-order valence-electron chi connectivity index (χ3n) is 11.0. The number of carbonyl (C=O) groups excluding carboxylic acids is 2. The highest BCUT2D eigenvalue weighted by Gasteiger charge is 2.16. The van der Waals surface area contributed by atoms with E-state index in [1.165, 1.54) is 128 Å². The van der Waals surface area contributed by atoms with Crippen molar-refractivity contribution < 1.29 is 28.5 Å². The molecule has 0 N–H and O–H groups in total. The number of benzene rings is 3. The topological polar surface area (TPSA) is 71.1 Å². The highest BCUT2D eigenvalue weighted by atomic mass is 16.5. The van der Waals surface area contributed by atoms with E-state index >= 15 is 0 Å². The van der Waals surface area contributed by atoms with Crippen LogP contribution in [0, 0.1) is 0 Å². The van der Waals surface area contributed by atoms with Crippen molar-refractivity contribution in [3.05, 3.63) is 48.5 Å². The minimum atomic E-state index is -0.0480. The minimum absolute atomic E-state index is 0.0480. The zero-order valence-corrected chi connectivity index (χ0v) is 35.7. The third kappa shape index (κ3) is 20.2. The summed E-state index contributed by atoms with van der Waals surface area (Å²) >= 11 is 0. The molecule has 56 heavy (non-hydrogen) atoms. The zero-order valence-electron chi connectivity index (χ0n) is 35.7. The highest BCUT2D eigenvalue weighted by Crippen LogP contribution is 2.42. The first-order chi connectivity index (χ1) is 27.7. The van der Waals surface area contributed by atoms with E-state index in [2.05, 4.69) is 48.5 Å². The fourth-order valence-electron chi connectivity index (χ4n) is 7.81. The van der Waals surface area contributed by atoms with Gasteiger partial charge in [0.15, 0.2) is 0 Å². The number of rotatable bonds is 36. The molecule has 6 heteroatoms. The van der Waals surface area contributed by atoms with Gasteiger partial charge in [0.1, 0.15) is 11.5 Å². The molecule has 3 rings (SSSR count). The summed E-state index contributed by atoms with van der Waals surface area (Å²) in [6.45, 7) is 6.20. The van der Waals surface area contributed by atoms with E-state index in [4.69, 9.17) is 18.9 Å². The number of unbranched alkanes of at least 4 members (excludes halogenated alkanes) is 24. The van der Waals surface area contributed by atoms with Gasteiger partial charge in [-0.1, -0.05) is 190 Å². The van der Waals surface area contributed by atoms with Gasteiger partial charge in [0.05, 0.1) is 26.4 Å². The molecule has 0 atom stereocenters. The van der Waals surface area contributed by atoms with Gasteiger partial charge in [-0.15, -0.1) is 0 Å². The van der Waals surface area contributed by atoms with Gasteiger partial charge in [0.2, 0.25) is 0 Å². The van der Waals surface area contributed by atoms with Gasteiger partial charge in [-0.05, 0) is 39.5 Å². The lowest BCUT2D eigenvalue weighted by atomic mass is 10.0. The second-order valence-electron chi connectivity index (χ2n) is 15.7. The predicted octanol–water partition coefficient (Wildman–Crippen LogP) is 14.8. The molecule has 0 aliphatic rings. The van der Waals surface area contributed by atoms with Crippen molar-refractivity contribution in [2.75, 3.05) is 26.4 Å². The van der Waals surface area contributed by atoms with Gasteiger partial charge in [0.25, 0.3) is 0 Å². The van der Waals surface area contributed by atoms with Gasteiger partial charge in [-0.25, -0.2) is 0 Å². The van der Waals surface area contributed by atoms with Crippen LogP contribution in [0.5, 0.6) is 11.5 Å². The Morgan fingerprint density at radius 3 is 0.839 bits per heavy atom. The smallest absolute Gasteiger partial charge is 0.305 e. The van der Waals surface area contributed by atoms with Gasteiger partial charge < -0.3 is 18.9 Å². The van der Waals surface area contributed by atoms with Gasteiger partial charge in [-0.2, -0.15) is 0 Å². The Bertz CT molecular complexity index is 1290. The Hall–Kier alpha value is -3.28. The fourth-order valence-corrected chi connectivity index (χ4v) is 7.81. The van der Waals surface area contributed by atoms with Crippen LogP contribution in [-0.4, -0.2) is 38.4 Å². The first kappa shape index (κ1) is 47.1. The lowest BCUT2D eigenvalue weighted by Crippen LogP contribution is -2.03. The van der Waals surface area contributed by atoms with Crippen molar-refractivity contribution in [2.24, 2.45) is 0 Å². The SMILES string of the molecule is CCOC(=O)CCCCCCCCCCCCCCCOc1c2ccccc2c(OCCCCCCCCCCCCCCCC(=O)OCC)c2ccccc12. The maximum absolute atomic E-state index is 11.4. The van der Waals surface area contributed by atoms with Crippen LogP contribution in [-0.2, 0) is 19.1 Å². The Labute approximate surface area is 341 Å². The quantitative estimate of drug-likeness (QED) is 0.0333. The molecule has 0 saturated carbocycles. The monoisotopic (exact) mass is 775 g/mol. The Balaban J connectivity index is 1.24. The van der Waals surface area contributed by atoms with Crippen LogP contribution in [0.2, 0.25) is 0 Å². The number of hydrogen-bond acceptors (Lipinski definition) is 6. The summed E-state index contributed by atoms with van der Waals surface area (Å²) in [7, 11) is 0. The molecular weight excluding hydrogens is 697 g/mol. The van der Waals surface area contributed by atoms with Crippen LogP contribution >= 0.6 is 0 Å². The number of ether oxygens (including phenoxy) is 4. The molecule has 0 bridgehead atoms. The molecule has 6 nitrogen and oxygen atoms in total. The Morgan fingerprint density at radius 2 is 0.589 bits per heavy atom. The number of esters is 2. The Morgan fingerprint density at radius 1 is 0.357 bits per heavy atom. The Kier molecular flexibility index (Phi) is 26.7. The summed E-state index contributed by atoms with van der Waals surface area (Å²) in [5, 5.41) is 4.58. The summed E-state index contributed by atoms with van der Waals surface area (Å²) in [6.07, 6.45) is 33.5. The van der Waals surface area contributed by atoms with Crippen LogP contribution in [0.25, 0.3) is 21.5 Å². The van der Waals surface area contributed by atoms with Crippen LogP contribution in [0.15, 0.2) is 48.5 Å². The van der Waals surface area contributed by atoms with Gasteiger partial charge in [0, 0.05) is 34.4 Å². The second-order valence-corrected chi connectivity index (χ2v) is 15.7. The van der Waals surface area contributed by atoms with Crippen LogP contribution in [0.4, 0.5) is 0 Å². The standard InChI is InChI=1S/C50H78O6/c1-3-53-47(51)39-27-23-19-15-11-7-5-9-13-17-21-25-33-41-55-49-43-35-29-31-37-45(43)50(46-38-32-30-36-44(46)49)56-42-34-26-22-18-14-10-6-8-12-16-20-24-28-40-48(52)54-4-2/h29-32,35-38H,3-28,33-34,39-42H2,1-2H3. The summed E-state index contributed by atoms with van der Waals surface area (Å²) < 4.78 is 23.1. The molecule has 0 radical (unpaired) electrons. The zero-order chi connectivity index (χ0) is 39.7. The molecule has 0 fully saturated rings. The maximum atomic E-state index is 11.4. The van der Waals surface area contributed by atoms with E-state index in [0.29, 0.717) is 26.1 Å². The highest BCUT2D eigenvalue weighted by molar-refractivity contribution is 6.11. The maximum Gasteiger partial charge on any atom is 0.305 e. The van der Waals surface area contributed by atoms with E-state index in [1.54, 1.807) is 0 Å². The van der Waals surface area contributed by atoms with Crippen molar-refractivity contribution in [3.8, 4) is 11.5 Å². The molecule has 314 valence electrons. The van der Waals surface area contributed by atoms with Crippen LogP contribution in [0.3, 0.4) is 0 Å². The molecule has 0 saturated heterocycles. The molecule has 0 aromatic heterocycles. The average molecular weight is 775 g/mol. The average Bonchev–Trinajstić information content (AvgIpc) is 3.21. The van der Waals surface area contributed by atoms with Crippen molar-refractivity contribution >= 4 is 33.5 Å². The summed E-state index contributed by atoms with van der Waals surface area (Å²) in [6, 6.07) is 17.2. The molecular formula is C50H78O6. The fraction of sp³-hybridized carbons (Fsp3) is 0.680. The molecule has 0 aliphatic heterocycles. The molecule has 0 unspecified atom stereocenters. The van der Waals surface area contributed by atoms with E-state index in [9.17, 15) is 9.59 Å². The van der Waals surface area contributed by atoms with E-state index in [-0.39, 0.29) is 11.9 Å². The van der Waals surface area contributed by atoms with Crippen molar-refractivity contribution in [1.29, 1.82) is 0 Å². The van der Waals surface area contributed by atoms with Gasteiger partial charge in [-0.3, -0.25) is 9.59 Å². The molecule has 3 aromatic rings. The second kappa shape index (κ2) is 31.8. The first-order valence-electron chi connectivity index (χ1n) is 23.2. The van der Waals surface area contributed by atoms with Crippen molar-refractivity contribution in [2.45, 2.75) is 194 Å². The summed E-state index contributed by atoms with van der Waals surface area (Å²) in [5.74, 6) is 1.89.